The van der Waals surface area contributed by atoms with Crippen LogP contribution < -0.4 is 10.0 Å². The number of sulfonamides is 1. The Kier molecular flexibility index (Phi) is 4.97. The van der Waals surface area contributed by atoms with Crippen molar-refractivity contribution in [3.8, 4) is 0 Å². The minimum atomic E-state index is -3.69. The fraction of sp³-hybridized carbons (Fsp3) is 0.500. The van der Waals surface area contributed by atoms with Gasteiger partial charge in [0, 0.05) is 0 Å². The molecular weight excluding hydrogens is 292 g/mol. The van der Waals surface area contributed by atoms with Crippen molar-refractivity contribution < 1.29 is 18.3 Å². The number of aliphatic hydroxyl groups excluding tert-OH is 1. The minimum Gasteiger partial charge on any atom is -0.394 e. The van der Waals surface area contributed by atoms with E-state index in [9.17, 15) is 18.3 Å². The maximum Gasteiger partial charge on any atom is 0.241 e. The Bertz CT molecular complexity index is 580. The van der Waals surface area contributed by atoms with E-state index in [2.05, 4.69) is 10.0 Å². The van der Waals surface area contributed by atoms with Gasteiger partial charge in [-0.2, -0.15) is 0 Å². The first-order valence-corrected chi connectivity index (χ1v) is 8.42. The number of hydrogen-bond acceptors (Lipinski definition) is 4. The lowest BCUT2D eigenvalue weighted by Gasteiger charge is -2.27. The molecule has 0 heterocycles. The Balaban J connectivity index is 1.92. The molecule has 0 atom stereocenters. The van der Waals surface area contributed by atoms with Crippen LogP contribution in [0.2, 0.25) is 0 Å². The first-order valence-electron chi connectivity index (χ1n) is 6.94. The van der Waals surface area contributed by atoms with E-state index in [1.165, 1.54) is 12.1 Å². The van der Waals surface area contributed by atoms with Gasteiger partial charge in [0.05, 0.1) is 23.6 Å². The third kappa shape index (κ3) is 4.03. The second-order valence-electron chi connectivity index (χ2n) is 5.33. The summed E-state index contributed by atoms with van der Waals surface area (Å²) in [4.78, 5) is 12.0. The van der Waals surface area contributed by atoms with Crippen molar-refractivity contribution in [2.45, 2.75) is 36.1 Å². The highest BCUT2D eigenvalue weighted by Crippen LogP contribution is 2.28. The van der Waals surface area contributed by atoms with Gasteiger partial charge in [-0.15, -0.1) is 0 Å². The molecule has 1 amide bonds. The molecule has 7 heteroatoms. The summed E-state index contributed by atoms with van der Waals surface area (Å²) >= 11 is 0. The van der Waals surface area contributed by atoms with E-state index in [0.29, 0.717) is 0 Å². The van der Waals surface area contributed by atoms with Crippen LogP contribution in [-0.2, 0) is 14.8 Å². The van der Waals surface area contributed by atoms with Gasteiger partial charge in [-0.05, 0) is 25.0 Å². The highest BCUT2D eigenvalue weighted by Gasteiger charge is 2.34. The molecule has 1 saturated carbocycles. The molecular formula is C14H20N2O4S. The smallest absolute Gasteiger partial charge is 0.241 e. The summed E-state index contributed by atoms with van der Waals surface area (Å²) in [6.45, 7) is -0.455. The zero-order valence-electron chi connectivity index (χ0n) is 11.7. The number of hydrogen-bond donors (Lipinski definition) is 3. The molecule has 0 aromatic heterocycles. The van der Waals surface area contributed by atoms with Crippen molar-refractivity contribution in [1.29, 1.82) is 0 Å². The molecule has 6 nitrogen and oxygen atoms in total. The highest BCUT2D eigenvalue weighted by molar-refractivity contribution is 7.89. The third-order valence-corrected chi connectivity index (χ3v) is 5.16. The second-order valence-corrected chi connectivity index (χ2v) is 7.10. The minimum absolute atomic E-state index is 0.121. The van der Waals surface area contributed by atoms with Crippen LogP contribution in [0.1, 0.15) is 25.7 Å². The Labute approximate surface area is 124 Å². The second kappa shape index (κ2) is 6.55. The van der Waals surface area contributed by atoms with Gasteiger partial charge in [0.1, 0.15) is 0 Å². The van der Waals surface area contributed by atoms with E-state index in [4.69, 9.17) is 0 Å². The Morgan fingerprint density at radius 2 is 1.81 bits per heavy atom. The van der Waals surface area contributed by atoms with Gasteiger partial charge >= 0.3 is 0 Å². The summed E-state index contributed by atoms with van der Waals surface area (Å²) in [6.07, 6.45) is 3.36. The predicted molar refractivity (Wildman–Crippen MR) is 78.1 cm³/mol. The van der Waals surface area contributed by atoms with Crippen molar-refractivity contribution in [2.24, 2.45) is 0 Å². The predicted octanol–water partition coefficient (Wildman–Crippen LogP) is 0.386. The maximum absolute atomic E-state index is 12.0. The molecule has 116 valence electrons. The Morgan fingerprint density at radius 3 is 2.38 bits per heavy atom. The molecule has 0 saturated heterocycles. The van der Waals surface area contributed by atoms with Gasteiger partial charge in [0.2, 0.25) is 15.9 Å². The summed E-state index contributed by atoms with van der Waals surface area (Å²) in [7, 11) is -3.69. The average Bonchev–Trinajstić information content (AvgIpc) is 2.95. The molecule has 1 aromatic carbocycles. The molecule has 1 fully saturated rings. The van der Waals surface area contributed by atoms with Crippen molar-refractivity contribution in [3.05, 3.63) is 30.3 Å². The number of rotatable bonds is 6. The summed E-state index contributed by atoms with van der Waals surface area (Å²) in [6, 6.07) is 7.89. The molecule has 0 bridgehead atoms. The van der Waals surface area contributed by atoms with Crippen LogP contribution in [0, 0.1) is 0 Å². The van der Waals surface area contributed by atoms with E-state index < -0.39 is 21.5 Å². The van der Waals surface area contributed by atoms with Crippen LogP contribution >= 0.6 is 0 Å². The molecule has 1 aliphatic rings. The normalized spacial score (nSPS) is 17.6. The quantitative estimate of drug-likeness (QED) is 0.708. The Hall–Kier alpha value is -1.44. The molecule has 1 aromatic rings. The molecule has 0 unspecified atom stereocenters. The Morgan fingerprint density at radius 1 is 1.19 bits per heavy atom. The van der Waals surface area contributed by atoms with Gasteiger partial charge < -0.3 is 10.4 Å². The average molecular weight is 312 g/mol. The summed E-state index contributed by atoms with van der Waals surface area (Å²) in [5.74, 6) is -0.426. The van der Waals surface area contributed by atoms with E-state index in [1.54, 1.807) is 18.2 Å². The van der Waals surface area contributed by atoms with Gasteiger partial charge in [0.25, 0.3) is 0 Å². The zero-order chi connectivity index (χ0) is 15.3. The van der Waals surface area contributed by atoms with Crippen LogP contribution in [0.3, 0.4) is 0 Å². The molecule has 0 radical (unpaired) electrons. The monoisotopic (exact) mass is 312 g/mol. The molecule has 1 aliphatic carbocycles. The van der Waals surface area contributed by atoms with Gasteiger partial charge in [0.15, 0.2) is 0 Å². The zero-order valence-corrected chi connectivity index (χ0v) is 12.5. The van der Waals surface area contributed by atoms with E-state index in [1.807, 2.05) is 0 Å². The fourth-order valence-electron chi connectivity index (χ4n) is 2.56. The summed E-state index contributed by atoms with van der Waals surface area (Å²) in [5, 5.41) is 12.2. The maximum atomic E-state index is 12.0. The van der Waals surface area contributed by atoms with Crippen LogP contribution in [-0.4, -0.2) is 38.1 Å². The molecule has 21 heavy (non-hydrogen) atoms. The van der Waals surface area contributed by atoms with Crippen molar-refractivity contribution in [2.75, 3.05) is 13.2 Å². The van der Waals surface area contributed by atoms with Crippen molar-refractivity contribution >= 4 is 15.9 Å². The summed E-state index contributed by atoms with van der Waals surface area (Å²) < 4.78 is 26.2. The van der Waals surface area contributed by atoms with Crippen LogP contribution in [0.5, 0.6) is 0 Å². The fourth-order valence-corrected chi connectivity index (χ4v) is 3.56. The largest absolute Gasteiger partial charge is 0.394 e. The van der Waals surface area contributed by atoms with Crippen molar-refractivity contribution in [3.63, 3.8) is 0 Å². The first kappa shape index (κ1) is 15.9. The molecule has 2 rings (SSSR count). The lowest BCUT2D eigenvalue weighted by atomic mass is 9.99. The van der Waals surface area contributed by atoms with Crippen LogP contribution in [0.25, 0.3) is 0 Å². The highest BCUT2D eigenvalue weighted by atomic mass is 32.2. The SMILES string of the molecule is O=C(CNS(=O)(=O)c1ccccc1)NC1(CO)CCCC1. The lowest BCUT2D eigenvalue weighted by Crippen LogP contribution is -2.52. The van der Waals surface area contributed by atoms with Crippen LogP contribution in [0.15, 0.2) is 35.2 Å². The third-order valence-electron chi connectivity index (χ3n) is 3.74. The van der Waals surface area contributed by atoms with Crippen LogP contribution in [0.4, 0.5) is 0 Å². The number of aliphatic hydroxyl groups is 1. The molecule has 3 N–H and O–H groups in total. The molecule has 0 aliphatic heterocycles. The van der Waals surface area contributed by atoms with Crippen molar-refractivity contribution in [1.82, 2.24) is 10.0 Å². The first-order chi connectivity index (χ1) is 9.97. The van der Waals surface area contributed by atoms with E-state index >= 15 is 0 Å². The number of amides is 1. The topological polar surface area (TPSA) is 95.5 Å². The number of carbonyl (C=O) groups is 1. The number of benzene rings is 1. The van der Waals surface area contributed by atoms with Gasteiger partial charge in [-0.1, -0.05) is 31.0 Å². The number of nitrogens with one attached hydrogen (secondary N) is 2. The summed E-state index contributed by atoms with van der Waals surface area (Å²) in [5.41, 5.74) is -0.588. The lowest BCUT2D eigenvalue weighted by molar-refractivity contribution is -0.122. The number of carbonyl (C=O) groups excluding carboxylic acids is 1. The standard InChI is InChI=1S/C14H20N2O4S/c17-11-14(8-4-5-9-14)16-13(18)10-15-21(19,20)12-6-2-1-3-7-12/h1-3,6-7,15,17H,4-5,8-11H2,(H,16,18). The van der Waals surface area contributed by atoms with Gasteiger partial charge in [-0.25, -0.2) is 13.1 Å². The van der Waals surface area contributed by atoms with E-state index in [-0.39, 0.29) is 18.0 Å². The van der Waals surface area contributed by atoms with E-state index in [0.717, 1.165) is 25.7 Å². The molecule has 0 spiro atoms. The van der Waals surface area contributed by atoms with Gasteiger partial charge in [-0.3, -0.25) is 4.79 Å².